The quantitative estimate of drug-likeness (QED) is 0.281. The van der Waals surface area contributed by atoms with Gasteiger partial charge in [0.05, 0.1) is 45.6 Å². The van der Waals surface area contributed by atoms with Crippen LogP contribution in [0.1, 0.15) is 43.7 Å². The molecule has 0 saturated heterocycles. The normalized spacial score (nSPS) is 13.2. The van der Waals surface area contributed by atoms with Gasteiger partial charge in [0.15, 0.2) is 11.5 Å². The van der Waals surface area contributed by atoms with Crippen LogP contribution in [-0.4, -0.2) is 74.1 Å². The Bertz CT molecular complexity index is 1020. The van der Waals surface area contributed by atoms with Crippen LogP contribution in [0, 0.1) is 5.82 Å². The van der Waals surface area contributed by atoms with Crippen LogP contribution in [0.15, 0.2) is 36.4 Å². The smallest absolute Gasteiger partial charge is 0.305 e. The average Bonchev–Trinajstić information content (AvgIpc) is 2.84. The van der Waals surface area contributed by atoms with E-state index in [0.29, 0.717) is 42.4 Å². The molecule has 0 heterocycles. The van der Waals surface area contributed by atoms with Gasteiger partial charge in [-0.3, -0.25) is 4.79 Å². The second-order valence-corrected chi connectivity index (χ2v) is 8.81. The number of carbonyl (C=O) groups is 1. The summed E-state index contributed by atoms with van der Waals surface area (Å²) in [6, 6.07) is 7.85. The lowest BCUT2D eigenvalue weighted by molar-refractivity contribution is -0.139. The first-order valence-corrected chi connectivity index (χ1v) is 12.1. The highest BCUT2D eigenvalue weighted by Crippen LogP contribution is 2.45. The lowest BCUT2D eigenvalue weighted by Gasteiger charge is -2.23. The van der Waals surface area contributed by atoms with Crippen molar-refractivity contribution in [3.63, 3.8) is 0 Å². The number of carboxylic acids is 1. The summed E-state index contributed by atoms with van der Waals surface area (Å²) in [6.45, 7) is 5.45. The number of carboxylic acid groups (broad SMARTS) is 1. The van der Waals surface area contributed by atoms with Gasteiger partial charge in [-0.25, -0.2) is 4.39 Å². The van der Waals surface area contributed by atoms with Gasteiger partial charge in [-0.2, -0.15) is 0 Å². The SMILES string of the molecule is COCCOCCOc1c(OC)cc(C(C)C)c(C=CC(O)CC(O)CC(=O)O)c1-c1ccc(F)cc1. The van der Waals surface area contributed by atoms with Gasteiger partial charge in [0, 0.05) is 19.1 Å². The Labute approximate surface area is 217 Å². The molecular formula is C28H37FO8. The zero-order valence-corrected chi connectivity index (χ0v) is 21.8. The molecule has 0 fully saturated rings. The van der Waals surface area contributed by atoms with Crippen LogP contribution in [0.2, 0.25) is 0 Å². The van der Waals surface area contributed by atoms with Gasteiger partial charge >= 0.3 is 5.97 Å². The molecule has 0 aliphatic heterocycles. The Balaban J connectivity index is 2.54. The van der Waals surface area contributed by atoms with E-state index in [2.05, 4.69) is 0 Å². The number of methoxy groups -OCH3 is 2. The molecule has 0 spiro atoms. The van der Waals surface area contributed by atoms with E-state index in [1.54, 1.807) is 32.4 Å². The molecule has 2 aromatic rings. The Morgan fingerprint density at radius 1 is 1.05 bits per heavy atom. The third-order valence-corrected chi connectivity index (χ3v) is 5.61. The minimum Gasteiger partial charge on any atom is -0.493 e. The van der Waals surface area contributed by atoms with Crippen LogP contribution in [0.4, 0.5) is 4.39 Å². The van der Waals surface area contributed by atoms with Crippen LogP contribution < -0.4 is 9.47 Å². The summed E-state index contributed by atoms with van der Waals surface area (Å²) in [6.07, 6.45) is 0.346. The molecule has 2 unspecified atom stereocenters. The molecule has 0 aliphatic rings. The Hall–Kier alpha value is -2.98. The van der Waals surface area contributed by atoms with Crippen molar-refractivity contribution < 1.29 is 43.5 Å². The first kappa shape index (κ1) is 30.2. The predicted molar refractivity (Wildman–Crippen MR) is 139 cm³/mol. The van der Waals surface area contributed by atoms with Crippen molar-refractivity contribution in [2.45, 2.75) is 44.8 Å². The van der Waals surface area contributed by atoms with E-state index in [1.165, 1.54) is 18.2 Å². The van der Waals surface area contributed by atoms with Crippen molar-refractivity contribution in [1.82, 2.24) is 0 Å². The molecule has 0 radical (unpaired) electrons. The van der Waals surface area contributed by atoms with Crippen molar-refractivity contribution >= 4 is 12.0 Å². The van der Waals surface area contributed by atoms with E-state index in [-0.39, 0.29) is 24.8 Å². The lowest BCUT2D eigenvalue weighted by Crippen LogP contribution is -2.19. The molecule has 9 heteroatoms. The van der Waals surface area contributed by atoms with Gasteiger partial charge in [0.2, 0.25) is 0 Å². The monoisotopic (exact) mass is 520 g/mol. The number of rotatable bonds is 16. The molecule has 2 rings (SSSR count). The van der Waals surface area contributed by atoms with E-state index in [4.69, 9.17) is 24.1 Å². The number of aliphatic carboxylic acids is 1. The molecule has 2 atom stereocenters. The summed E-state index contributed by atoms with van der Waals surface area (Å²) < 4.78 is 36.1. The van der Waals surface area contributed by atoms with Crippen LogP contribution >= 0.6 is 0 Å². The van der Waals surface area contributed by atoms with Crippen molar-refractivity contribution in [2.75, 3.05) is 40.6 Å². The van der Waals surface area contributed by atoms with E-state index in [0.717, 1.165) is 11.1 Å². The summed E-state index contributed by atoms with van der Waals surface area (Å²) in [5.41, 5.74) is 2.95. The van der Waals surface area contributed by atoms with Gasteiger partial charge in [0.25, 0.3) is 0 Å². The highest BCUT2D eigenvalue weighted by molar-refractivity contribution is 5.85. The van der Waals surface area contributed by atoms with Gasteiger partial charge in [-0.1, -0.05) is 38.1 Å². The van der Waals surface area contributed by atoms with E-state index >= 15 is 0 Å². The maximum atomic E-state index is 13.8. The molecule has 8 nitrogen and oxygen atoms in total. The van der Waals surface area contributed by atoms with Crippen molar-refractivity contribution in [3.8, 4) is 22.6 Å². The van der Waals surface area contributed by atoms with Crippen molar-refractivity contribution in [1.29, 1.82) is 0 Å². The minimum atomic E-state index is -1.19. The first-order chi connectivity index (χ1) is 17.7. The number of aliphatic hydroxyl groups excluding tert-OH is 2. The summed E-state index contributed by atoms with van der Waals surface area (Å²) in [5.74, 6) is -0.547. The highest BCUT2D eigenvalue weighted by atomic mass is 19.1. The number of ether oxygens (including phenoxy) is 4. The van der Waals surface area contributed by atoms with Gasteiger partial charge in [0.1, 0.15) is 12.4 Å². The largest absolute Gasteiger partial charge is 0.493 e. The van der Waals surface area contributed by atoms with E-state index in [9.17, 15) is 19.4 Å². The van der Waals surface area contributed by atoms with Crippen molar-refractivity contribution in [2.24, 2.45) is 0 Å². The molecule has 2 aromatic carbocycles. The first-order valence-electron chi connectivity index (χ1n) is 12.1. The molecule has 0 amide bonds. The molecule has 0 saturated carbocycles. The Kier molecular flexibility index (Phi) is 12.5. The maximum Gasteiger partial charge on any atom is 0.305 e. The fourth-order valence-electron chi connectivity index (χ4n) is 3.83. The summed E-state index contributed by atoms with van der Waals surface area (Å²) >= 11 is 0. The zero-order chi connectivity index (χ0) is 27.4. The predicted octanol–water partition coefficient (Wildman–Crippen LogP) is 4.27. The molecule has 3 N–H and O–H groups in total. The average molecular weight is 521 g/mol. The fraction of sp³-hybridized carbons (Fsp3) is 0.464. The summed E-state index contributed by atoms with van der Waals surface area (Å²) in [5, 5.41) is 29.2. The standard InChI is InChI=1S/C28H37FO8/c1-18(2)24-17-25(35-4)28(37-14-13-36-12-11-34-3)27(19-5-7-20(29)8-6-19)23(24)10-9-21(30)15-22(31)16-26(32)33/h5-10,17-18,21-22,30-31H,11-16H2,1-4H3,(H,32,33). The number of hydrogen-bond donors (Lipinski definition) is 3. The van der Waals surface area contributed by atoms with Gasteiger partial charge in [-0.05, 0) is 40.8 Å². The van der Waals surface area contributed by atoms with Crippen LogP contribution in [0.3, 0.4) is 0 Å². The molecule has 0 aromatic heterocycles. The van der Waals surface area contributed by atoms with Crippen molar-refractivity contribution in [3.05, 3.63) is 53.4 Å². The number of aliphatic hydroxyl groups is 2. The number of halogens is 1. The summed E-state index contributed by atoms with van der Waals surface area (Å²) in [4.78, 5) is 10.8. The maximum absolute atomic E-state index is 13.8. The zero-order valence-electron chi connectivity index (χ0n) is 21.8. The lowest BCUT2D eigenvalue weighted by atomic mass is 9.88. The Morgan fingerprint density at radius 3 is 2.32 bits per heavy atom. The minimum absolute atomic E-state index is 0.0499. The Morgan fingerprint density at radius 2 is 1.73 bits per heavy atom. The van der Waals surface area contributed by atoms with Crippen LogP contribution in [0.25, 0.3) is 17.2 Å². The third kappa shape index (κ3) is 9.44. The molecular weight excluding hydrogens is 483 g/mol. The summed E-state index contributed by atoms with van der Waals surface area (Å²) in [7, 11) is 3.13. The molecule has 37 heavy (non-hydrogen) atoms. The number of benzene rings is 2. The van der Waals surface area contributed by atoms with E-state index in [1.807, 2.05) is 19.9 Å². The number of hydrogen-bond acceptors (Lipinski definition) is 7. The second-order valence-electron chi connectivity index (χ2n) is 8.81. The molecule has 0 aliphatic carbocycles. The molecule has 0 bridgehead atoms. The van der Waals surface area contributed by atoms with Gasteiger partial charge in [-0.15, -0.1) is 0 Å². The second kappa shape index (κ2) is 15.3. The molecule has 204 valence electrons. The third-order valence-electron chi connectivity index (χ3n) is 5.61. The topological polar surface area (TPSA) is 115 Å². The highest BCUT2D eigenvalue weighted by Gasteiger charge is 2.22. The van der Waals surface area contributed by atoms with Crippen LogP contribution in [-0.2, 0) is 14.3 Å². The van der Waals surface area contributed by atoms with E-state index < -0.39 is 24.6 Å². The van der Waals surface area contributed by atoms with Gasteiger partial charge < -0.3 is 34.3 Å². The van der Waals surface area contributed by atoms with Crippen LogP contribution in [0.5, 0.6) is 11.5 Å². The fourth-order valence-corrected chi connectivity index (χ4v) is 3.83.